The van der Waals surface area contributed by atoms with Crippen molar-refractivity contribution >= 4 is 28.6 Å². The molecule has 1 aromatic heterocycles. The van der Waals surface area contributed by atoms with Crippen LogP contribution < -0.4 is 5.32 Å². The average molecular weight is 424 g/mol. The van der Waals surface area contributed by atoms with Crippen molar-refractivity contribution in [3.8, 4) is 0 Å². The van der Waals surface area contributed by atoms with E-state index in [0.29, 0.717) is 17.2 Å². The molecule has 29 heavy (non-hydrogen) atoms. The molecule has 1 heterocycles. The van der Waals surface area contributed by atoms with Gasteiger partial charge in [-0.25, -0.2) is 9.97 Å². The Labute approximate surface area is 172 Å². The van der Waals surface area contributed by atoms with Gasteiger partial charge in [0.2, 0.25) is 11.7 Å². The molecule has 1 aromatic carbocycles. The molecular weight excluding hydrogens is 399 g/mol. The third kappa shape index (κ3) is 4.22. The van der Waals surface area contributed by atoms with Crippen molar-refractivity contribution in [3.05, 3.63) is 30.1 Å². The number of fused-ring (bicyclic) bond motifs is 3. The Morgan fingerprint density at radius 1 is 1.17 bits per heavy atom. The van der Waals surface area contributed by atoms with Gasteiger partial charge in [-0.3, -0.25) is 4.79 Å². The molecule has 2 fully saturated rings. The number of hydrogen-bond acceptors (Lipinski definition) is 4. The maximum Gasteiger partial charge on any atom is 0.451 e. The molecular formula is C21H24F3N3OS. The molecule has 2 aliphatic carbocycles. The molecule has 2 aliphatic rings. The summed E-state index contributed by atoms with van der Waals surface area (Å²) in [5.41, 5.74) is 0.222. The topological polar surface area (TPSA) is 54.9 Å². The third-order valence-corrected chi connectivity index (χ3v) is 7.39. The minimum absolute atomic E-state index is 0.0775. The number of carbonyl (C=O) groups excluding carboxylic acids is 1. The second-order valence-corrected chi connectivity index (χ2v) is 9.59. The summed E-state index contributed by atoms with van der Waals surface area (Å²) in [5.74, 6) is 0.650. The van der Waals surface area contributed by atoms with Crippen LogP contribution in [0, 0.1) is 17.8 Å². The molecule has 0 saturated heterocycles. The van der Waals surface area contributed by atoms with E-state index in [9.17, 15) is 18.0 Å². The van der Waals surface area contributed by atoms with Gasteiger partial charge in [-0.1, -0.05) is 36.4 Å². The van der Waals surface area contributed by atoms with Gasteiger partial charge in [0, 0.05) is 11.4 Å². The Kier molecular flexibility index (Phi) is 5.48. The highest BCUT2D eigenvalue weighted by Crippen LogP contribution is 2.49. The van der Waals surface area contributed by atoms with Gasteiger partial charge in [0.25, 0.3) is 0 Å². The lowest BCUT2D eigenvalue weighted by molar-refractivity contribution is -0.145. The fourth-order valence-corrected chi connectivity index (χ4v) is 5.79. The first-order chi connectivity index (χ1) is 13.7. The Hall–Kier alpha value is -1.83. The fourth-order valence-electron chi connectivity index (χ4n) is 4.84. The summed E-state index contributed by atoms with van der Waals surface area (Å²) in [4.78, 5) is 20.1. The highest BCUT2D eigenvalue weighted by Gasteiger charge is 2.42. The number of benzene rings is 1. The van der Waals surface area contributed by atoms with Gasteiger partial charge in [0.05, 0.1) is 10.8 Å². The number of amides is 1. The first-order valence-electron chi connectivity index (χ1n) is 10.0. The molecule has 0 aliphatic heterocycles. The second-order valence-electron chi connectivity index (χ2n) is 8.26. The fraction of sp³-hybridized carbons (Fsp3) is 0.571. The van der Waals surface area contributed by atoms with E-state index in [0.717, 1.165) is 17.7 Å². The van der Waals surface area contributed by atoms with E-state index < -0.39 is 17.3 Å². The van der Waals surface area contributed by atoms with Crippen LogP contribution in [0.1, 0.15) is 45.4 Å². The van der Waals surface area contributed by atoms with Crippen LogP contribution in [0.3, 0.4) is 0 Å². The molecule has 1 amide bonds. The molecule has 4 nitrogen and oxygen atoms in total. The zero-order chi connectivity index (χ0) is 20.8. The van der Waals surface area contributed by atoms with E-state index in [4.69, 9.17) is 0 Å². The van der Waals surface area contributed by atoms with Gasteiger partial charge < -0.3 is 5.32 Å². The summed E-state index contributed by atoms with van der Waals surface area (Å²) in [5, 5.41) is 3.23. The molecule has 2 aromatic rings. The van der Waals surface area contributed by atoms with E-state index >= 15 is 0 Å². The van der Waals surface area contributed by atoms with Gasteiger partial charge in [-0.05, 0) is 56.9 Å². The number of thioether (sulfide) groups is 1. The van der Waals surface area contributed by atoms with Gasteiger partial charge in [0.1, 0.15) is 5.03 Å². The maximum absolute atomic E-state index is 13.2. The zero-order valence-electron chi connectivity index (χ0n) is 16.4. The van der Waals surface area contributed by atoms with Crippen LogP contribution in [0.5, 0.6) is 0 Å². The van der Waals surface area contributed by atoms with E-state index in [-0.39, 0.29) is 22.5 Å². The van der Waals surface area contributed by atoms with E-state index in [1.54, 1.807) is 25.1 Å². The predicted molar refractivity (Wildman–Crippen MR) is 106 cm³/mol. The number of rotatable bonds is 5. The van der Waals surface area contributed by atoms with Crippen molar-refractivity contribution in [1.29, 1.82) is 0 Å². The van der Waals surface area contributed by atoms with Crippen LogP contribution >= 0.6 is 11.8 Å². The molecule has 2 saturated carbocycles. The molecule has 8 heteroatoms. The lowest BCUT2D eigenvalue weighted by Gasteiger charge is -2.29. The lowest BCUT2D eigenvalue weighted by atomic mass is 9.84. The third-order valence-electron chi connectivity index (χ3n) is 6.28. The smallest absolute Gasteiger partial charge is 0.352 e. The monoisotopic (exact) mass is 423 g/mol. The van der Waals surface area contributed by atoms with Crippen molar-refractivity contribution in [2.45, 2.75) is 62.0 Å². The number of para-hydroxylation sites is 1. The number of halogens is 3. The quantitative estimate of drug-likeness (QED) is 0.539. The minimum atomic E-state index is -4.64. The molecule has 0 spiro atoms. The number of carbonyl (C=O) groups is 1. The molecule has 0 radical (unpaired) electrons. The molecule has 4 rings (SSSR count). The van der Waals surface area contributed by atoms with Gasteiger partial charge in [-0.15, -0.1) is 0 Å². The van der Waals surface area contributed by atoms with Gasteiger partial charge >= 0.3 is 6.18 Å². The van der Waals surface area contributed by atoms with E-state index in [1.807, 2.05) is 6.92 Å². The van der Waals surface area contributed by atoms with Crippen LogP contribution in [-0.4, -0.2) is 27.2 Å². The Balaban J connectivity index is 1.49. The van der Waals surface area contributed by atoms with Crippen LogP contribution in [0.2, 0.25) is 0 Å². The summed E-state index contributed by atoms with van der Waals surface area (Å²) in [6.45, 7) is 3.75. The van der Waals surface area contributed by atoms with Crippen LogP contribution in [0.4, 0.5) is 13.2 Å². The second kappa shape index (κ2) is 7.78. The number of aromatic nitrogens is 2. The van der Waals surface area contributed by atoms with Gasteiger partial charge in [-0.2, -0.15) is 13.2 Å². The number of hydrogen-bond donors (Lipinski definition) is 1. The molecule has 5 unspecified atom stereocenters. The van der Waals surface area contributed by atoms with Crippen molar-refractivity contribution in [2.24, 2.45) is 17.8 Å². The Morgan fingerprint density at radius 3 is 2.59 bits per heavy atom. The first-order valence-corrected chi connectivity index (χ1v) is 10.9. The van der Waals surface area contributed by atoms with Crippen molar-refractivity contribution in [1.82, 2.24) is 15.3 Å². The highest BCUT2D eigenvalue weighted by atomic mass is 32.2. The summed E-state index contributed by atoms with van der Waals surface area (Å²) >= 11 is 1.05. The molecule has 1 N–H and O–H groups in total. The van der Waals surface area contributed by atoms with E-state index in [1.165, 1.54) is 31.7 Å². The van der Waals surface area contributed by atoms with Crippen LogP contribution in [0.25, 0.3) is 10.9 Å². The zero-order valence-corrected chi connectivity index (χ0v) is 17.2. The number of nitrogens with one attached hydrogen (secondary N) is 1. The minimum Gasteiger partial charge on any atom is -0.352 e. The summed E-state index contributed by atoms with van der Waals surface area (Å²) in [6.07, 6.45) is 0.339. The number of nitrogens with zero attached hydrogens (tertiary/aromatic N) is 2. The first kappa shape index (κ1) is 20.4. The normalized spacial score (nSPS) is 25.9. The highest BCUT2D eigenvalue weighted by molar-refractivity contribution is 8.00. The van der Waals surface area contributed by atoms with Crippen LogP contribution in [-0.2, 0) is 11.0 Å². The average Bonchev–Trinajstić information content (AvgIpc) is 3.30. The standard InChI is InChI=1S/C21H24F3N3OS/c1-11(16-10-13-7-8-14(16)9-13)25-18(28)12(2)29-19-15-5-3-4-6-17(15)26-20(27-19)21(22,23)24/h3-6,11-14,16H,7-10H2,1-2H3,(H,25,28). The SMILES string of the molecule is CC(Sc1nc(C(F)(F)F)nc2ccccc12)C(=O)NC(C)C1CC2CCC1C2. The van der Waals surface area contributed by atoms with Crippen LogP contribution in [0.15, 0.2) is 29.3 Å². The summed E-state index contributed by atoms with van der Waals surface area (Å²) in [6, 6.07) is 6.65. The largest absolute Gasteiger partial charge is 0.451 e. The molecule has 5 atom stereocenters. The summed E-state index contributed by atoms with van der Waals surface area (Å²) in [7, 11) is 0. The van der Waals surface area contributed by atoms with Crippen molar-refractivity contribution < 1.29 is 18.0 Å². The van der Waals surface area contributed by atoms with Crippen molar-refractivity contribution in [3.63, 3.8) is 0 Å². The molecule has 156 valence electrons. The van der Waals surface area contributed by atoms with Crippen molar-refractivity contribution in [2.75, 3.05) is 0 Å². The molecule has 2 bridgehead atoms. The summed E-state index contributed by atoms with van der Waals surface area (Å²) < 4.78 is 39.6. The Bertz CT molecular complexity index is 920. The van der Waals surface area contributed by atoms with Gasteiger partial charge in [0.15, 0.2) is 0 Å². The predicted octanol–water partition coefficient (Wildman–Crippen LogP) is 5.07. The number of alkyl halides is 3. The lowest BCUT2D eigenvalue weighted by Crippen LogP contribution is -2.43. The Morgan fingerprint density at radius 2 is 1.93 bits per heavy atom. The maximum atomic E-state index is 13.2. The van der Waals surface area contributed by atoms with E-state index in [2.05, 4.69) is 15.3 Å².